The molecule has 3 unspecified atom stereocenters. The van der Waals surface area contributed by atoms with Crippen molar-refractivity contribution in [1.29, 1.82) is 0 Å². The van der Waals surface area contributed by atoms with Crippen LogP contribution in [0.25, 0.3) is 0 Å². The molecule has 0 saturated carbocycles. The quantitative estimate of drug-likeness (QED) is 0.0212. The zero-order valence-corrected chi connectivity index (χ0v) is 47.7. The van der Waals surface area contributed by atoms with E-state index in [0.717, 1.165) is 77.0 Å². The Hall–Kier alpha value is -3.33. The Morgan fingerprint density at radius 1 is 0.486 bits per heavy atom. The molecule has 0 aromatic heterocycles. The molecule has 0 rings (SSSR count). The number of hydrogen-bond acceptors (Lipinski definition) is 7. The molecule has 10 heteroatoms. The van der Waals surface area contributed by atoms with Gasteiger partial charge in [0.1, 0.15) is 19.3 Å². The molecular weight excluding hydrogens is 916 g/mol. The largest absolute Gasteiger partial charge is 0.756 e. The molecule has 1 N–H and O–H groups in total. The number of likely N-dealkylation sites (N-methyl/N-ethyl adjacent to an activating group) is 1. The molecule has 0 heterocycles. The summed E-state index contributed by atoms with van der Waals surface area (Å²) < 4.78 is 30.1. The topological polar surface area (TPSA) is 114 Å². The molecule has 3 atom stereocenters. The van der Waals surface area contributed by atoms with E-state index in [2.05, 4.69) is 123 Å². The van der Waals surface area contributed by atoms with Gasteiger partial charge in [-0.15, -0.1) is 0 Å². The summed E-state index contributed by atoms with van der Waals surface area (Å²) in [4.78, 5) is 39.8. The summed E-state index contributed by atoms with van der Waals surface area (Å²) in [6, 6.07) is -0.945. The zero-order chi connectivity index (χ0) is 52.9. The number of rotatable bonds is 50. The summed E-state index contributed by atoms with van der Waals surface area (Å²) in [5.41, 5.74) is 0. The van der Waals surface area contributed by atoms with E-state index in [4.69, 9.17) is 13.8 Å². The molecule has 412 valence electrons. The van der Waals surface area contributed by atoms with Crippen molar-refractivity contribution < 1.29 is 37.3 Å². The van der Waals surface area contributed by atoms with Crippen molar-refractivity contribution in [2.24, 2.45) is 0 Å². The Kier molecular flexibility index (Phi) is 48.8. The number of nitrogens with one attached hydrogen (secondary N) is 1. The predicted octanol–water partition coefficient (Wildman–Crippen LogP) is 16.7. The zero-order valence-electron chi connectivity index (χ0n) is 46.8. The number of allylic oxidation sites excluding steroid dienone is 17. The van der Waals surface area contributed by atoms with E-state index < -0.39 is 32.5 Å². The lowest BCUT2D eigenvalue weighted by Crippen LogP contribution is -2.47. The van der Waals surface area contributed by atoms with E-state index in [1.54, 1.807) is 6.08 Å². The number of quaternary nitrogens is 1. The summed E-state index contributed by atoms with van der Waals surface area (Å²) >= 11 is 0. The molecule has 1 amide bonds. The molecule has 9 nitrogen and oxygen atoms in total. The van der Waals surface area contributed by atoms with Gasteiger partial charge in [0, 0.05) is 12.8 Å². The molecule has 72 heavy (non-hydrogen) atoms. The summed E-state index contributed by atoms with van der Waals surface area (Å²) in [5.74, 6) is -0.681. The van der Waals surface area contributed by atoms with Gasteiger partial charge in [0.05, 0.1) is 33.8 Å². The molecule has 0 aliphatic heterocycles. The lowest BCUT2D eigenvalue weighted by molar-refractivity contribution is -0.870. The first-order valence-electron chi connectivity index (χ1n) is 28.7. The Bertz CT molecular complexity index is 1600. The van der Waals surface area contributed by atoms with Crippen molar-refractivity contribution >= 4 is 19.7 Å². The second-order valence-corrected chi connectivity index (χ2v) is 21.5. The number of nitrogens with zero attached hydrogens (tertiary/aromatic N) is 1. The highest BCUT2D eigenvalue weighted by molar-refractivity contribution is 7.45. The summed E-state index contributed by atoms with van der Waals surface area (Å²) in [7, 11) is 1.11. The number of phosphoric ester groups is 1. The Morgan fingerprint density at radius 2 is 0.847 bits per heavy atom. The number of hydrogen-bond donors (Lipinski definition) is 1. The van der Waals surface area contributed by atoms with Gasteiger partial charge in [-0.25, -0.2) is 0 Å². The monoisotopic (exact) mass is 1020 g/mol. The van der Waals surface area contributed by atoms with Crippen molar-refractivity contribution in [3.8, 4) is 0 Å². The lowest BCUT2D eigenvalue weighted by atomic mass is 10.1. The number of carbonyl (C=O) groups is 2. The fourth-order valence-electron chi connectivity index (χ4n) is 7.45. The number of unbranched alkanes of at least 4 members (excludes halogenated alkanes) is 18. The standard InChI is InChI=1S/C62H107N2O7P/c1-7-10-13-16-19-22-25-28-30-32-34-36-39-42-45-48-51-54-61(65)63-59(58-70-72(67,68)69-57-56-64(4,5)6)60(53-50-47-44-41-38-27-24-21-18-15-12-9-3)71-62(66)55-52-49-46-43-40-37-35-33-31-29-26-23-20-17-14-11-8-2/h19-20,22-23,28-31,34-37,42-43,45-46,50,53,59-60H,7-18,21,24-27,32-33,38-41,44,47-49,51-52,54-58H2,1-6H3,(H-,63,65,67,68)/b22-19-,23-20-,30-28-,31-29-,36-34-,37-35-,45-42-,46-43-,53-50+. The molecule has 0 saturated heterocycles. The highest BCUT2D eigenvalue weighted by Gasteiger charge is 2.27. The van der Waals surface area contributed by atoms with Crippen molar-refractivity contribution in [2.45, 2.75) is 232 Å². The molecule has 0 bridgehead atoms. The number of esters is 1. The molecule has 0 spiro atoms. The molecule has 0 aromatic rings. The Morgan fingerprint density at radius 3 is 1.29 bits per heavy atom. The number of amides is 1. The van der Waals surface area contributed by atoms with Gasteiger partial charge in [0.15, 0.2) is 0 Å². The third-order valence-electron chi connectivity index (χ3n) is 11.9. The SMILES string of the molecule is CCCCC/C=C\C/C=C\C/C=C\C/C=C\CCCC(=O)NC(COP(=O)([O-])OCC[N+](C)(C)C)C(/C=C/CCCCCCCCCCCC)OC(=O)CCC/C=C\C/C=C\C/C=C\C/C=C\CCCCC. The molecule has 0 radical (unpaired) electrons. The van der Waals surface area contributed by atoms with Gasteiger partial charge in [0.2, 0.25) is 5.91 Å². The van der Waals surface area contributed by atoms with Crippen molar-refractivity contribution in [3.63, 3.8) is 0 Å². The van der Waals surface area contributed by atoms with Gasteiger partial charge in [-0.05, 0) is 109 Å². The van der Waals surface area contributed by atoms with Crippen LogP contribution in [-0.2, 0) is 27.9 Å². The number of phosphoric acid groups is 1. The number of ether oxygens (including phenoxy) is 1. The predicted molar refractivity (Wildman–Crippen MR) is 307 cm³/mol. The third kappa shape index (κ3) is 51.6. The van der Waals surface area contributed by atoms with E-state index in [1.165, 1.54) is 96.3 Å². The van der Waals surface area contributed by atoms with Crippen molar-refractivity contribution in [1.82, 2.24) is 5.32 Å². The minimum absolute atomic E-state index is 0.0462. The van der Waals surface area contributed by atoms with E-state index in [-0.39, 0.29) is 25.4 Å². The van der Waals surface area contributed by atoms with Crippen LogP contribution >= 0.6 is 7.82 Å². The van der Waals surface area contributed by atoms with Crippen LogP contribution in [0.3, 0.4) is 0 Å². The van der Waals surface area contributed by atoms with Crippen LogP contribution in [0.2, 0.25) is 0 Å². The van der Waals surface area contributed by atoms with Crippen LogP contribution in [0.4, 0.5) is 0 Å². The van der Waals surface area contributed by atoms with Gasteiger partial charge in [0.25, 0.3) is 7.82 Å². The van der Waals surface area contributed by atoms with Gasteiger partial charge in [-0.2, -0.15) is 0 Å². The maximum Gasteiger partial charge on any atom is 0.306 e. The van der Waals surface area contributed by atoms with Crippen molar-refractivity contribution in [3.05, 3.63) is 109 Å². The first-order valence-corrected chi connectivity index (χ1v) is 30.2. The van der Waals surface area contributed by atoms with Crippen LogP contribution < -0.4 is 10.2 Å². The second-order valence-electron chi connectivity index (χ2n) is 20.1. The van der Waals surface area contributed by atoms with E-state index in [9.17, 15) is 19.0 Å². The average molecular weight is 1020 g/mol. The number of carbonyl (C=O) groups excluding carboxylic acids is 2. The van der Waals surface area contributed by atoms with Crippen LogP contribution in [-0.4, -0.2) is 69.4 Å². The average Bonchev–Trinajstić information content (AvgIpc) is 3.34. The van der Waals surface area contributed by atoms with E-state index in [0.29, 0.717) is 23.9 Å². The molecule has 0 fully saturated rings. The molecule has 0 aliphatic rings. The van der Waals surface area contributed by atoms with Gasteiger partial charge < -0.3 is 28.5 Å². The smallest absolute Gasteiger partial charge is 0.306 e. The molecular formula is C62H107N2O7P. The van der Waals surface area contributed by atoms with E-state index >= 15 is 0 Å². The van der Waals surface area contributed by atoms with Gasteiger partial charge >= 0.3 is 5.97 Å². The normalized spacial score (nSPS) is 14.6. The second kappa shape index (κ2) is 51.2. The van der Waals surface area contributed by atoms with Crippen LogP contribution in [0, 0.1) is 0 Å². The Balaban J connectivity index is 5.55. The first kappa shape index (κ1) is 68.7. The summed E-state index contributed by atoms with van der Waals surface area (Å²) in [5, 5.41) is 2.97. The maximum absolute atomic E-state index is 13.5. The lowest BCUT2D eigenvalue weighted by Gasteiger charge is -2.30. The van der Waals surface area contributed by atoms with Crippen LogP contribution in [0.1, 0.15) is 220 Å². The Labute approximate surface area is 442 Å². The highest BCUT2D eigenvalue weighted by Crippen LogP contribution is 2.38. The minimum atomic E-state index is -4.73. The van der Waals surface area contributed by atoms with Crippen LogP contribution in [0.15, 0.2) is 109 Å². The summed E-state index contributed by atoms with van der Waals surface area (Å²) in [6.45, 7) is 6.68. The van der Waals surface area contributed by atoms with Gasteiger partial charge in [-0.3, -0.25) is 14.2 Å². The summed E-state index contributed by atoms with van der Waals surface area (Å²) in [6.07, 6.45) is 69.3. The van der Waals surface area contributed by atoms with Crippen molar-refractivity contribution in [2.75, 3.05) is 40.9 Å². The third-order valence-corrected chi connectivity index (χ3v) is 12.9. The van der Waals surface area contributed by atoms with Gasteiger partial charge in [-0.1, -0.05) is 208 Å². The van der Waals surface area contributed by atoms with E-state index in [1.807, 2.05) is 27.2 Å². The molecule has 0 aromatic carbocycles. The highest BCUT2D eigenvalue weighted by atomic mass is 31.2. The fourth-order valence-corrected chi connectivity index (χ4v) is 8.17. The fraction of sp³-hybridized carbons (Fsp3) is 0.677. The maximum atomic E-state index is 13.5. The minimum Gasteiger partial charge on any atom is -0.756 e. The first-order chi connectivity index (χ1) is 34.9. The molecule has 0 aliphatic carbocycles. The van der Waals surface area contributed by atoms with Crippen LogP contribution in [0.5, 0.6) is 0 Å².